The number of aryl methyl sites for hydroxylation is 1. The molecule has 0 bridgehead atoms. The zero-order valence-electron chi connectivity index (χ0n) is 15.7. The minimum absolute atomic E-state index is 0.0222. The molecule has 0 saturated carbocycles. The number of ether oxygens (including phenoxy) is 2. The minimum atomic E-state index is -0.353. The second-order valence-electron chi connectivity index (χ2n) is 7.94. The van der Waals surface area contributed by atoms with Crippen molar-refractivity contribution in [1.82, 2.24) is 14.8 Å². The van der Waals surface area contributed by atoms with Gasteiger partial charge in [0.1, 0.15) is 5.60 Å². The highest BCUT2D eigenvalue weighted by atomic mass is 16.6. The Labute approximate surface area is 155 Å². The fourth-order valence-electron chi connectivity index (χ4n) is 4.36. The van der Waals surface area contributed by atoms with Crippen molar-refractivity contribution >= 4 is 5.91 Å². The molecule has 26 heavy (non-hydrogen) atoms. The summed E-state index contributed by atoms with van der Waals surface area (Å²) in [7, 11) is 0. The topological polar surface area (TPSA) is 54.9 Å². The van der Waals surface area contributed by atoms with Crippen molar-refractivity contribution in [3.05, 3.63) is 29.6 Å². The second kappa shape index (κ2) is 7.62. The monoisotopic (exact) mass is 359 g/mol. The summed E-state index contributed by atoms with van der Waals surface area (Å²) in [6, 6.07) is 3.74. The number of amides is 1. The van der Waals surface area contributed by atoms with E-state index in [9.17, 15) is 4.79 Å². The Bertz CT molecular complexity index is 630. The van der Waals surface area contributed by atoms with E-state index in [1.54, 1.807) is 6.20 Å². The van der Waals surface area contributed by atoms with Crippen molar-refractivity contribution in [1.29, 1.82) is 0 Å². The molecule has 2 unspecified atom stereocenters. The summed E-state index contributed by atoms with van der Waals surface area (Å²) in [5, 5.41) is 0. The van der Waals surface area contributed by atoms with Crippen molar-refractivity contribution in [3.63, 3.8) is 0 Å². The van der Waals surface area contributed by atoms with Gasteiger partial charge in [-0.05, 0) is 57.8 Å². The fraction of sp³-hybridized carbons (Fsp3) is 0.700. The first-order chi connectivity index (χ1) is 12.6. The van der Waals surface area contributed by atoms with E-state index in [2.05, 4.69) is 9.88 Å². The van der Waals surface area contributed by atoms with Gasteiger partial charge >= 0.3 is 0 Å². The lowest BCUT2D eigenvalue weighted by Crippen LogP contribution is -2.47. The molecule has 0 aliphatic carbocycles. The number of carbonyl (C=O) groups excluding carboxylic acids is 1. The van der Waals surface area contributed by atoms with Gasteiger partial charge in [0.2, 0.25) is 0 Å². The smallest absolute Gasteiger partial charge is 0.255 e. The van der Waals surface area contributed by atoms with Gasteiger partial charge in [-0.2, -0.15) is 0 Å². The lowest BCUT2D eigenvalue weighted by Gasteiger charge is -2.32. The van der Waals surface area contributed by atoms with Gasteiger partial charge in [0, 0.05) is 25.0 Å². The number of likely N-dealkylation sites (tertiary alicyclic amines) is 1. The lowest BCUT2D eigenvalue weighted by molar-refractivity contribution is -0.0890. The van der Waals surface area contributed by atoms with Crippen LogP contribution < -0.4 is 0 Å². The molecule has 142 valence electrons. The number of aromatic nitrogens is 1. The molecule has 1 aromatic rings. The lowest BCUT2D eigenvalue weighted by atomic mass is 9.99. The molecule has 6 heteroatoms. The molecular weight excluding hydrogens is 330 g/mol. The van der Waals surface area contributed by atoms with Crippen LogP contribution in [0, 0.1) is 6.92 Å². The molecule has 6 nitrogen and oxygen atoms in total. The summed E-state index contributed by atoms with van der Waals surface area (Å²) in [5.41, 5.74) is 1.20. The van der Waals surface area contributed by atoms with E-state index in [4.69, 9.17) is 9.47 Å². The van der Waals surface area contributed by atoms with Crippen LogP contribution in [0.15, 0.2) is 18.3 Å². The van der Waals surface area contributed by atoms with Gasteiger partial charge in [-0.1, -0.05) is 0 Å². The highest BCUT2D eigenvalue weighted by Gasteiger charge is 2.44. The summed E-state index contributed by atoms with van der Waals surface area (Å²) in [4.78, 5) is 21.6. The molecule has 4 rings (SSSR count). The van der Waals surface area contributed by atoms with Crippen LogP contribution in [-0.2, 0) is 9.47 Å². The SMILES string of the molecule is Cc1ccc(C(=O)N2CCOCC3(CCC(CN4CCCC4)O3)C2)cn1. The molecule has 0 radical (unpaired) electrons. The van der Waals surface area contributed by atoms with E-state index in [-0.39, 0.29) is 17.6 Å². The van der Waals surface area contributed by atoms with Crippen LogP contribution in [0.4, 0.5) is 0 Å². The number of pyridine rings is 1. The molecule has 0 aromatic carbocycles. The molecule has 3 fully saturated rings. The summed E-state index contributed by atoms with van der Waals surface area (Å²) in [6.45, 7) is 7.67. The number of hydrogen-bond donors (Lipinski definition) is 0. The van der Waals surface area contributed by atoms with Crippen molar-refractivity contribution in [2.24, 2.45) is 0 Å². The molecule has 3 aliphatic heterocycles. The third-order valence-electron chi connectivity index (χ3n) is 5.79. The Hall–Kier alpha value is -1.50. The van der Waals surface area contributed by atoms with Crippen LogP contribution in [0.5, 0.6) is 0 Å². The normalized spacial score (nSPS) is 30.0. The van der Waals surface area contributed by atoms with Gasteiger partial charge in [-0.15, -0.1) is 0 Å². The van der Waals surface area contributed by atoms with E-state index in [0.717, 1.165) is 25.1 Å². The first kappa shape index (κ1) is 17.9. The Morgan fingerprint density at radius 1 is 1.31 bits per heavy atom. The maximum Gasteiger partial charge on any atom is 0.255 e. The summed E-state index contributed by atoms with van der Waals surface area (Å²) in [5.74, 6) is 0.0222. The first-order valence-corrected chi connectivity index (χ1v) is 9.83. The molecular formula is C20H29N3O3. The van der Waals surface area contributed by atoms with Crippen molar-refractivity contribution in [3.8, 4) is 0 Å². The van der Waals surface area contributed by atoms with Gasteiger partial charge in [0.15, 0.2) is 0 Å². The van der Waals surface area contributed by atoms with Crippen LogP contribution in [0.1, 0.15) is 41.7 Å². The zero-order chi connectivity index (χ0) is 18.0. The zero-order valence-corrected chi connectivity index (χ0v) is 15.7. The highest BCUT2D eigenvalue weighted by Crippen LogP contribution is 2.34. The van der Waals surface area contributed by atoms with E-state index in [1.807, 2.05) is 24.0 Å². The average molecular weight is 359 g/mol. The fourth-order valence-corrected chi connectivity index (χ4v) is 4.36. The maximum atomic E-state index is 12.9. The first-order valence-electron chi connectivity index (χ1n) is 9.83. The van der Waals surface area contributed by atoms with E-state index < -0.39 is 0 Å². The van der Waals surface area contributed by atoms with Crippen molar-refractivity contribution in [2.75, 3.05) is 45.9 Å². The molecule has 1 aromatic heterocycles. The highest BCUT2D eigenvalue weighted by molar-refractivity contribution is 5.94. The quantitative estimate of drug-likeness (QED) is 0.825. The number of hydrogen-bond acceptors (Lipinski definition) is 5. The van der Waals surface area contributed by atoms with Crippen LogP contribution in [0.2, 0.25) is 0 Å². The Balaban J connectivity index is 1.42. The Kier molecular flexibility index (Phi) is 5.25. The van der Waals surface area contributed by atoms with Gasteiger partial charge in [-0.3, -0.25) is 9.78 Å². The molecule has 3 saturated heterocycles. The predicted molar refractivity (Wildman–Crippen MR) is 98.2 cm³/mol. The molecule has 1 spiro atoms. The van der Waals surface area contributed by atoms with E-state index in [0.29, 0.717) is 31.9 Å². The van der Waals surface area contributed by atoms with Crippen molar-refractivity contribution in [2.45, 2.75) is 44.3 Å². The molecule has 3 aliphatic rings. The third-order valence-corrected chi connectivity index (χ3v) is 5.79. The Morgan fingerprint density at radius 3 is 2.92 bits per heavy atom. The standard InChI is InChI=1S/C20H29N3O3/c1-16-4-5-17(12-21-16)19(24)23-10-11-25-15-20(14-23)7-6-18(26-20)13-22-8-2-3-9-22/h4-5,12,18H,2-3,6-11,13-15H2,1H3. The number of nitrogens with zero attached hydrogens (tertiary/aromatic N) is 3. The van der Waals surface area contributed by atoms with Crippen LogP contribution in [0.25, 0.3) is 0 Å². The number of carbonyl (C=O) groups is 1. The average Bonchev–Trinajstić information content (AvgIpc) is 3.23. The molecule has 0 N–H and O–H groups in total. The van der Waals surface area contributed by atoms with Crippen molar-refractivity contribution < 1.29 is 14.3 Å². The summed E-state index contributed by atoms with van der Waals surface area (Å²) >= 11 is 0. The summed E-state index contributed by atoms with van der Waals surface area (Å²) < 4.78 is 12.3. The van der Waals surface area contributed by atoms with Gasteiger partial charge < -0.3 is 19.3 Å². The van der Waals surface area contributed by atoms with Gasteiger partial charge in [0.25, 0.3) is 5.91 Å². The minimum Gasteiger partial charge on any atom is -0.377 e. The molecule has 4 heterocycles. The Morgan fingerprint density at radius 2 is 2.15 bits per heavy atom. The van der Waals surface area contributed by atoms with Gasteiger partial charge in [-0.25, -0.2) is 0 Å². The molecule has 2 atom stereocenters. The second-order valence-corrected chi connectivity index (χ2v) is 7.94. The third kappa shape index (κ3) is 3.92. The predicted octanol–water partition coefficient (Wildman–Crippen LogP) is 1.88. The maximum absolute atomic E-state index is 12.9. The van der Waals surface area contributed by atoms with Gasteiger partial charge in [0.05, 0.1) is 31.4 Å². The largest absolute Gasteiger partial charge is 0.377 e. The van der Waals surface area contributed by atoms with E-state index in [1.165, 1.54) is 25.9 Å². The van der Waals surface area contributed by atoms with Crippen LogP contribution in [-0.4, -0.2) is 78.3 Å². The van der Waals surface area contributed by atoms with E-state index >= 15 is 0 Å². The van der Waals surface area contributed by atoms with Crippen LogP contribution in [0.3, 0.4) is 0 Å². The molecule has 1 amide bonds. The summed E-state index contributed by atoms with van der Waals surface area (Å²) in [6.07, 6.45) is 6.53. The number of rotatable bonds is 3. The van der Waals surface area contributed by atoms with Crippen LogP contribution >= 0.6 is 0 Å².